The van der Waals surface area contributed by atoms with Gasteiger partial charge in [-0.25, -0.2) is 4.79 Å². The van der Waals surface area contributed by atoms with Gasteiger partial charge >= 0.3 is 6.03 Å². The summed E-state index contributed by atoms with van der Waals surface area (Å²) < 4.78 is 5.23. The lowest BCUT2D eigenvalue weighted by molar-refractivity contribution is 0.158. The number of nitrogens with zero attached hydrogens (tertiary/aromatic N) is 1. The van der Waals surface area contributed by atoms with E-state index in [1.54, 1.807) is 7.11 Å². The van der Waals surface area contributed by atoms with Crippen molar-refractivity contribution in [3.05, 3.63) is 29.8 Å². The molecule has 1 heterocycles. The molecule has 2 amide bonds. The molecule has 0 bridgehead atoms. The zero-order valence-corrected chi connectivity index (χ0v) is 12.1. The number of fused-ring (bicyclic) bond motifs is 1. The van der Waals surface area contributed by atoms with Gasteiger partial charge in [-0.2, -0.15) is 0 Å². The molecule has 4 heteroatoms. The molecule has 4 nitrogen and oxygen atoms in total. The molecular formula is C16H22N2O2. The first kappa shape index (κ1) is 13.4. The van der Waals surface area contributed by atoms with E-state index in [9.17, 15) is 4.79 Å². The number of hydrogen-bond donors (Lipinski definition) is 1. The van der Waals surface area contributed by atoms with Crippen molar-refractivity contribution in [3.8, 4) is 0 Å². The molecule has 0 saturated heterocycles. The molecule has 20 heavy (non-hydrogen) atoms. The smallest absolute Gasteiger partial charge is 0.322 e. The number of nitrogens with one attached hydrogen (secondary N) is 1. The minimum absolute atomic E-state index is 0.0106. The summed E-state index contributed by atoms with van der Waals surface area (Å²) in [5, 5.41) is 3.16. The Kier molecular flexibility index (Phi) is 3.66. The summed E-state index contributed by atoms with van der Waals surface area (Å²) in [6.07, 6.45) is 3.32. The first-order valence-electron chi connectivity index (χ1n) is 7.37. The third kappa shape index (κ3) is 2.52. The maximum atomic E-state index is 12.6. The fourth-order valence-electron chi connectivity index (χ4n) is 3.08. The second-order valence-corrected chi connectivity index (χ2v) is 5.90. The van der Waals surface area contributed by atoms with Gasteiger partial charge in [-0.1, -0.05) is 18.2 Å². The van der Waals surface area contributed by atoms with Crippen molar-refractivity contribution in [2.45, 2.75) is 38.3 Å². The molecule has 2 aliphatic rings. The average Bonchev–Trinajstić information content (AvgIpc) is 3.20. The fourth-order valence-corrected chi connectivity index (χ4v) is 3.08. The lowest BCUT2D eigenvalue weighted by Crippen LogP contribution is -2.49. The van der Waals surface area contributed by atoms with Crippen LogP contribution in [0.1, 0.15) is 25.3 Å². The minimum atomic E-state index is 0.0106. The fraction of sp³-hybridized carbons (Fsp3) is 0.562. The second-order valence-electron chi connectivity index (χ2n) is 5.90. The predicted octanol–water partition coefficient (Wildman–Crippen LogP) is 2.57. The number of carbonyl (C=O) groups excluding carboxylic acids is 1. The van der Waals surface area contributed by atoms with E-state index >= 15 is 0 Å². The molecule has 0 spiro atoms. The highest BCUT2D eigenvalue weighted by atomic mass is 16.5. The van der Waals surface area contributed by atoms with Crippen molar-refractivity contribution >= 4 is 11.7 Å². The molecule has 2 atom stereocenters. The Hall–Kier alpha value is -1.55. The van der Waals surface area contributed by atoms with Crippen molar-refractivity contribution in [1.29, 1.82) is 0 Å². The second kappa shape index (κ2) is 5.44. The molecule has 1 aliphatic carbocycles. The van der Waals surface area contributed by atoms with Gasteiger partial charge in [-0.05, 0) is 43.7 Å². The first-order valence-corrected chi connectivity index (χ1v) is 7.37. The molecule has 0 aromatic heterocycles. The van der Waals surface area contributed by atoms with Gasteiger partial charge in [0, 0.05) is 18.8 Å². The van der Waals surface area contributed by atoms with Crippen molar-refractivity contribution in [2.24, 2.45) is 5.92 Å². The molecule has 108 valence electrons. The minimum Gasteiger partial charge on any atom is -0.383 e. The summed E-state index contributed by atoms with van der Waals surface area (Å²) in [5.41, 5.74) is 2.30. The SMILES string of the molecule is COC[C@@H](NC(=O)N1c2ccccc2C[C@H]1C)C1CC1. The monoisotopic (exact) mass is 274 g/mol. The number of hydrogen-bond acceptors (Lipinski definition) is 2. The zero-order chi connectivity index (χ0) is 14.1. The van der Waals surface area contributed by atoms with Crippen LogP contribution in [0.2, 0.25) is 0 Å². The number of benzene rings is 1. The summed E-state index contributed by atoms with van der Waals surface area (Å²) in [7, 11) is 1.69. The average molecular weight is 274 g/mol. The van der Waals surface area contributed by atoms with Crippen LogP contribution in [0.3, 0.4) is 0 Å². The van der Waals surface area contributed by atoms with E-state index in [1.807, 2.05) is 23.1 Å². The molecule has 1 N–H and O–H groups in total. The van der Waals surface area contributed by atoms with E-state index in [1.165, 1.54) is 18.4 Å². The molecule has 1 aromatic rings. The maximum Gasteiger partial charge on any atom is 0.322 e. The van der Waals surface area contributed by atoms with Gasteiger partial charge in [-0.3, -0.25) is 4.90 Å². The van der Waals surface area contributed by atoms with E-state index in [2.05, 4.69) is 18.3 Å². The quantitative estimate of drug-likeness (QED) is 0.917. The Balaban J connectivity index is 1.73. The molecule has 1 aliphatic heterocycles. The highest BCUT2D eigenvalue weighted by Gasteiger charge is 2.36. The number of ether oxygens (including phenoxy) is 1. The van der Waals surface area contributed by atoms with E-state index in [0.29, 0.717) is 12.5 Å². The molecule has 1 fully saturated rings. The van der Waals surface area contributed by atoms with Crippen molar-refractivity contribution < 1.29 is 9.53 Å². The van der Waals surface area contributed by atoms with Crippen LogP contribution in [0.25, 0.3) is 0 Å². The Bertz CT molecular complexity index is 499. The third-order valence-electron chi connectivity index (χ3n) is 4.27. The van der Waals surface area contributed by atoms with Gasteiger partial charge in [0.15, 0.2) is 0 Å². The van der Waals surface area contributed by atoms with Crippen LogP contribution in [-0.4, -0.2) is 31.8 Å². The molecule has 1 saturated carbocycles. The van der Waals surface area contributed by atoms with Gasteiger partial charge in [0.1, 0.15) is 0 Å². The number of methoxy groups -OCH3 is 1. The highest BCUT2D eigenvalue weighted by Crippen LogP contribution is 2.34. The van der Waals surface area contributed by atoms with Crippen molar-refractivity contribution in [1.82, 2.24) is 5.32 Å². The normalized spacial score (nSPS) is 22.5. The van der Waals surface area contributed by atoms with Crippen LogP contribution in [0.15, 0.2) is 24.3 Å². The summed E-state index contributed by atoms with van der Waals surface area (Å²) in [5.74, 6) is 0.590. The highest BCUT2D eigenvalue weighted by molar-refractivity contribution is 5.95. The van der Waals surface area contributed by atoms with Crippen LogP contribution in [0.4, 0.5) is 10.5 Å². The topological polar surface area (TPSA) is 41.6 Å². The Morgan fingerprint density at radius 2 is 2.20 bits per heavy atom. The first-order chi connectivity index (χ1) is 9.70. The van der Waals surface area contributed by atoms with Crippen molar-refractivity contribution in [3.63, 3.8) is 0 Å². The number of rotatable bonds is 4. The zero-order valence-electron chi connectivity index (χ0n) is 12.1. The molecular weight excluding hydrogens is 252 g/mol. The predicted molar refractivity (Wildman–Crippen MR) is 79.0 cm³/mol. The molecule has 1 aromatic carbocycles. The summed E-state index contributed by atoms with van der Waals surface area (Å²) >= 11 is 0. The summed E-state index contributed by atoms with van der Waals surface area (Å²) in [6, 6.07) is 8.53. The molecule has 0 unspecified atom stereocenters. The van der Waals surface area contributed by atoms with Gasteiger partial charge in [0.05, 0.1) is 12.6 Å². The van der Waals surface area contributed by atoms with Crippen LogP contribution < -0.4 is 10.2 Å². The summed E-state index contributed by atoms with van der Waals surface area (Å²) in [6.45, 7) is 2.70. The lowest BCUT2D eigenvalue weighted by atomic mass is 10.1. The number of anilines is 1. The molecule has 0 radical (unpaired) electrons. The van der Waals surface area contributed by atoms with Gasteiger partial charge in [0.25, 0.3) is 0 Å². The third-order valence-corrected chi connectivity index (χ3v) is 4.27. The van der Waals surface area contributed by atoms with Gasteiger partial charge < -0.3 is 10.1 Å². The Morgan fingerprint density at radius 3 is 2.90 bits per heavy atom. The summed E-state index contributed by atoms with van der Waals surface area (Å²) in [4.78, 5) is 14.5. The largest absolute Gasteiger partial charge is 0.383 e. The van der Waals surface area contributed by atoms with E-state index in [0.717, 1.165) is 12.1 Å². The van der Waals surface area contributed by atoms with E-state index in [-0.39, 0.29) is 18.1 Å². The van der Waals surface area contributed by atoms with Crippen molar-refractivity contribution in [2.75, 3.05) is 18.6 Å². The van der Waals surface area contributed by atoms with Crippen LogP contribution in [0.5, 0.6) is 0 Å². The van der Waals surface area contributed by atoms with Gasteiger partial charge in [0.2, 0.25) is 0 Å². The van der Waals surface area contributed by atoms with E-state index in [4.69, 9.17) is 4.74 Å². The van der Waals surface area contributed by atoms with E-state index < -0.39 is 0 Å². The van der Waals surface area contributed by atoms with Crippen LogP contribution in [0, 0.1) is 5.92 Å². The maximum absolute atomic E-state index is 12.6. The standard InChI is InChI=1S/C16H22N2O2/c1-11-9-13-5-3-4-6-15(13)18(11)16(19)17-14(10-20-2)12-7-8-12/h3-6,11-12,14H,7-10H2,1-2H3,(H,17,19)/t11-,14-/m1/s1. The Labute approximate surface area is 120 Å². The number of urea groups is 1. The lowest BCUT2D eigenvalue weighted by Gasteiger charge is -2.26. The van der Waals surface area contributed by atoms with Crippen LogP contribution in [-0.2, 0) is 11.2 Å². The van der Waals surface area contributed by atoms with Crippen LogP contribution >= 0.6 is 0 Å². The van der Waals surface area contributed by atoms with Gasteiger partial charge in [-0.15, -0.1) is 0 Å². The molecule has 3 rings (SSSR count). The number of carbonyl (C=O) groups is 1. The number of para-hydroxylation sites is 1. The number of amides is 2. The Morgan fingerprint density at radius 1 is 1.45 bits per heavy atom.